The monoisotopic (exact) mass is 200 g/mol. The Morgan fingerprint density at radius 2 is 1.82 bits per heavy atom. The molecule has 0 aromatic carbocycles. The molecule has 11 heavy (non-hydrogen) atoms. The van der Waals surface area contributed by atoms with Crippen LogP contribution in [0.25, 0.3) is 0 Å². The molecule has 0 bridgehead atoms. The molecule has 0 amide bonds. The number of hydrogen-bond acceptors (Lipinski definition) is 2. The van der Waals surface area contributed by atoms with Crippen LogP contribution in [0, 0.1) is 5.92 Å². The van der Waals surface area contributed by atoms with Crippen molar-refractivity contribution in [1.29, 1.82) is 0 Å². The maximum Gasteiger partial charge on any atom is 0.0215 e. The summed E-state index contributed by atoms with van der Waals surface area (Å²) in [5.41, 5.74) is 0. The third kappa shape index (κ3) is 4.86. The molecule has 0 aromatic rings. The van der Waals surface area contributed by atoms with Crippen molar-refractivity contribution in [3.8, 4) is 0 Å². The zero-order chi connectivity index (χ0) is 6.69. The number of piperazine rings is 1. The number of nitrogens with one attached hydrogen (secondary N) is 2. The molecule has 1 rings (SSSR count). The fraction of sp³-hybridized carbons (Fsp3) is 1.00. The molecule has 0 spiro atoms. The lowest BCUT2D eigenvalue weighted by Gasteiger charge is -2.27. The van der Waals surface area contributed by atoms with Gasteiger partial charge in [0.05, 0.1) is 0 Å². The van der Waals surface area contributed by atoms with E-state index in [0.29, 0.717) is 6.04 Å². The zero-order valence-electron chi connectivity index (χ0n) is 7.09. The lowest BCUT2D eigenvalue weighted by molar-refractivity contribution is 0.342. The smallest absolute Gasteiger partial charge is 0.0215 e. The van der Waals surface area contributed by atoms with Crippen molar-refractivity contribution in [2.45, 2.75) is 19.9 Å². The molecule has 4 heteroatoms. The Morgan fingerprint density at radius 1 is 1.18 bits per heavy atom. The van der Waals surface area contributed by atoms with Gasteiger partial charge in [0.2, 0.25) is 0 Å². The molecule has 0 radical (unpaired) electrons. The van der Waals surface area contributed by atoms with Crippen LogP contribution in [0.3, 0.4) is 0 Å². The molecule has 2 N–H and O–H groups in total. The molecule has 1 aliphatic rings. The fourth-order valence-electron chi connectivity index (χ4n) is 1.15. The van der Waals surface area contributed by atoms with Gasteiger partial charge in [-0.2, -0.15) is 0 Å². The highest BCUT2D eigenvalue weighted by Gasteiger charge is 2.14. The largest absolute Gasteiger partial charge is 0.314 e. The minimum Gasteiger partial charge on any atom is -0.314 e. The lowest BCUT2D eigenvalue weighted by atomic mass is 10.0. The van der Waals surface area contributed by atoms with Gasteiger partial charge in [-0.1, -0.05) is 13.8 Å². The minimum atomic E-state index is 0. The summed E-state index contributed by atoms with van der Waals surface area (Å²) in [4.78, 5) is 0. The van der Waals surface area contributed by atoms with Crippen LogP contribution in [0.5, 0.6) is 0 Å². The molecule has 1 aliphatic heterocycles. The van der Waals surface area contributed by atoms with E-state index in [1.165, 1.54) is 0 Å². The van der Waals surface area contributed by atoms with Crippen molar-refractivity contribution >= 4 is 24.8 Å². The molecule has 1 heterocycles. The Morgan fingerprint density at radius 3 is 2.09 bits per heavy atom. The van der Waals surface area contributed by atoms with E-state index in [-0.39, 0.29) is 24.8 Å². The van der Waals surface area contributed by atoms with E-state index in [9.17, 15) is 0 Å². The Labute approximate surface area is 81.3 Å². The van der Waals surface area contributed by atoms with Crippen LogP contribution in [0.2, 0.25) is 0 Å². The summed E-state index contributed by atoms with van der Waals surface area (Å²) in [7, 11) is 0. The predicted octanol–water partition coefficient (Wildman–Crippen LogP) is 1.05. The maximum atomic E-state index is 3.46. The van der Waals surface area contributed by atoms with Gasteiger partial charge in [-0.05, 0) is 5.92 Å². The first kappa shape index (κ1) is 14.0. The van der Waals surface area contributed by atoms with E-state index in [2.05, 4.69) is 24.5 Å². The number of hydrogen-bond donors (Lipinski definition) is 2. The topological polar surface area (TPSA) is 24.1 Å². The van der Waals surface area contributed by atoms with Gasteiger partial charge in [0.25, 0.3) is 0 Å². The Kier molecular flexibility index (Phi) is 9.15. The Bertz CT molecular complexity index is 82.5. The molecule has 0 aliphatic carbocycles. The van der Waals surface area contributed by atoms with Crippen molar-refractivity contribution in [3.63, 3.8) is 0 Å². The maximum absolute atomic E-state index is 3.46. The van der Waals surface area contributed by atoms with E-state index in [0.717, 1.165) is 25.6 Å². The first-order valence-corrected chi connectivity index (χ1v) is 3.75. The van der Waals surface area contributed by atoms with E-state index in [4.69, 9.17) is 0 Å². The molecule has 2 nitrogen and oxygen atoms in total. The van der Waals surface area contributed by atoms with Gasteiger partial charge in [0.1, 0.15) is 0 Å². The van der Waals surface area contributed by atoms with Crippen molar-refractivity contribution in [3.05, 3.63) is 0 Å². The molecule has 0 unspecified atom stereocenters. The third-order valence-electron chi connectivity index (χ3n) is 1.88. The highest BCUT2D eigenvalue weighted by Crippen LogP contribution is 2.00. The summed E-state index contributed by atoms with van der Waals surface area (Å²) in [5, 5.41) is 6.81. The standard InChI is InChI=1S/C7H16N2.2ClH/c1-6(2)7-5-8-3-4-9-7;;/h6-9H,3-5H2,1-2H3;2*1H/t7-;;/m0../s1. The van der Waals surface area contributed by atoms with Gasteiger partial charge in [-0.3, -0.25) is 0 Å². The molecular weight excluding hydrogens is 183 g/mol. The van der Waals surface area contributed by atoms with E-state index in [1.54, 1.807) is 0 Å². The third-order valence-corrected chi connectivity index (χ3v) is 1.88. The first-order valence-electron chi connectivity index (χ1n) is 3.75. The van der Waals surface area contributed by atoms with Crippen LogP contribution in [0.15, 0.2) is 0 Å². The van der Waals surface area contributed by atoms with Crippen LogP contribution in [0.4, 0.5) is 0 Å². The van der Waals surface area contributed by atoms with Crippen LogP contribution in [-0.4, -0.2) is 25.7 Å². The second kappa shape index (κ2) is 7.17. The fourth-order valence-corrected chi connectivity index (χ4v) is 1.15. The van der Waals surface area contributed by atoms with E-state index in [1.807, 2.05) is 0 Å². The van der Waals surface area contributed by atoms with Crippen LogP contribution in [-0.2, 0) is 0 Å². The molecule has 0 saturated carbocycles. The highest BCUT2D eigenvalue weighted by molar-refractivity contribution is 5.85. The van der Waals surface area contributed by atoms with Crippen molar-refractivity contribution in [2.75, 3.05) is 19.6 Å². The van der Waals surface area contributed by atoms with Gasteiger partial charge in [-0.25, -0.2) is 0 Å². The minimum absolute atomic E-state index is 0. The van der Waals surface area contributed by atoms with Crippen LogP contribution >= 0.6 is 24.8 Å². The summed E-state index contributed by atoms with van der Waals surface area (Å²) in [6.45, 7) is 7.90. The molecular formula is C7H18Cl2N2. The normalized spacial score (nSPS) is 23.7. The Balaban J connectivity index is 0. The Hall–Kier alpha value is 0.500. The molecule has 70 valence electrons. The van der Waals surface area contributed by atoms with Crippen molar-refractivity contribution in [2.24, 2.45) is 5.92 Å². The number of halogens is 2. The lowest BCUT2D eigenvalue weighted by Crippen LogP contribution is -2.50. The predicted molar refractivity (Wildman–Crippen MR) is 54.0 cm³/mol. The summed E-state index contributed by atoms with van der Waals surface area (Å²) in [6.07, 6.45) is 0. The SMILES string of the molecule is CC(C)[C@@H]1CNCCN1.Cl.Cl. The van der Waals surface area contributed by atoms with Gasteiger partial charge < -0.3 is 10.6 Å². The quantitative estimate of drug-likeness (QED) is 0.662. The van der Waals surface area contributed by atoms with Crippen molar-refractivity contribution in [1.82, 2.24) is 10.6 Å². The second-order valence-electron chi connectivity index (χ2n) is 3.01. The van der Waals surface area contributed by atoms with E-state index < -0.39 is 0 Å². The number of rotatable bonds is 1. The van der Waals surface area contributed by atoms with Crippen LogP contribution < -0.4 is 10.6 Å². The van der Waals surface area contributed by atoms with E-state index >= 15 is 0 Å². The summed E-state index contributed by atoms with van der Waals surface area (Å²) < 4.78 is 0. The zero-order valence-corrected chi connectivity index (χ0v) is 8.73. The summed E-state index contributed by atoms with van der Waals surface area (Å²) in [6, 6.07) is 0.693. The summed E-state index contributed by atoms with van der Waals surface area (Å²) >= 11 is 0. The average Bonchev–Trinajstić information content (AvgIpc) is 1.90. The van der Waals surface area contributed by atoms with Gasteiger partial charge in [0.15, 0.2) is 0 Å². The average molecular weight is 201 g/mol. The first-order chi connectivity index (χ1) is 4.30. The molecule has 1 fully saturated rings. The van der Waals surface area contributed by atoms with Gasteiger partial charge in [-0.15, -0.1) is 24.8 Å². The van der Waals surface area contributed by atoms with Crippen molar-refractivity contribution < 1.29 is 0 Å². The van der Waals surface area contributed by atoms with Gasteiger partial charge in [0, 0.05) is 25.7 Å². The molecule has 0 aromatic heterocycles. The highest BCUT2D eigenvalue weighted by atomic mass is 35.5. The second-order valence-corrected chi connectivity index (χ2v) is 3.01. The molecule has 1 saturated heterocycles. The summed E-state index contributed by atoms with van der Waals surface area (Å²) in [5.74, 6) is 0.762. The molecule has 1 atom stereocenters. The van der Waals surface area contributed by atoms with Gasteiger partial charge >= 0.3 is 0 Å². The van der Waals surface area contributed by atoms with Crippen LogP contribution in [0.1, 0.15) is 13.8 Å².